The van der Waals surface area contributed by atoms with Crippen molar-refractivity contribution < 1.29 is 18.7 Å². The van der Waals surface area contributed by atoms with Crippen LogP contribution < -0.4 is 5.32 Å². The summed E-state index contributed by atoms with van der Waals surface area (Å²) in [4.78, 5) is 12.0. The van der Waals surface area contributed by atoms with Crippen molar-refractivity contribution in [2.75, 3.05) is 13.2 Å². The summed E-state index contributed by atoms with van der Waals surface area (Å²) in [5.41, 5.74) is 1.13. The Morgan fingerprint density at radius 3 is 2.71 bits per heavy atom. The third-order valence-corrected chi connectivity index (χ3v) is 3.98. The van der Waals surface area contributed by atoms with Gasteiger partial charge in [-0.1, -0.05) is 12.1 Å². The van der Waals surface area contributed by atoms with Gasteiger partial charge in [0.1, 0.15) is 25.3 Å². The second-order valence-corrected chi connectivity index (χ2v) is 5.43. The molecule has 1 heterocycles. The van der Waals surface area contributed by atoms with Crippen molar-refractivity contribution in [3.63, 3.8) is 0 Å². The molecule has 1 aromatic rings. The van der Waals surface area contributed by atoms with Crippen LogP contribution in [0.3, 0.4) is 0 Å². The number of benzene rings is 1. The summed E-state index contributed by atoms with van der Waals surface area (Å²) in [6.07, 6.45) is 4.14. The van der Waals surface area contributed by atoms with E-state index >= 15 is 0 Å². The molecular formula is C16H18FNO3. The summed E-state index contributed by atoms with van der Waals surface area (Å²) < 4.78 is 23.3. The van der Waals surface area contributed by atoms with Gasteiger partial charge in [-0.15, -0.1) is 0 Å². The SMILES string of the molecule is O=C(N[C@H]1CC[C@H](c2ccc(F)cc2)C1)C1=COCCO1. The minimum atomic E-state index is -0.223. The highest BCUT2D eigenvalue weighted by Gasteiger charge is 2.28. The van der Waals surface area contributed by atoms with E-state index in [0.717, 1.165) is 24.8 Å². The van der Waals surface area contributed by atoms with E-state index in [0.29, 0.717) is 19.1 Å². The first-order valence-electron chi connectivity index (χ1n) is 7.23. The fourth-order valence-corrected chi connectivity index (χ4v) is 2.89. The van der Waals surface area contributed by atoms with Crippen LogP contribution in [-0.2, 0) is 14.3 Å². The Morgan fingerprint density at radius 2 is 2.00 bits per heavy atom. The Hall–Kier alpha value is -2.04. The van der Waals surface area contributed by atoms with Crippen LogP contribution in [0.25, 0.3) is 0 Å². The molecule has 0 unspecified atom stereocenters. The van der Waals surface area contributed by atoms with Crippen LogP contribution in [0.5, 0.6) is 0 Å². The molecule has 112 valence electrons. The van der Waals surface area contributed by atoms with Gasteiger partial charge in [0.2, 0.25) is 5.76 Å². The smallest absolute Gasteiger partial charge is 0.289 e. The number of rotatable bonds is 3. The number of carbonyl (C=O) groups is 1. The minimum absolute atomic E-state index is 0.124. The van der Waals surface area contributed by atoms with Gasteiger partial charge in [-0.2, -0.15) is 0 Å². The Kier molecular flexibility index (Phi) is 4.08. The maximum absolute atomic E-state index is 12.9. The van der Waals surface area contributed by atoms with E-state index in [9.17, 15) is 9.18 Å². The highest BCUT2D eigenvalue weighted by Crippen LogP contribution is 2.34. The maximum Gasteiger partial charge on any atom is 0.289 e. The van der Waals surface area contributed by atoms with Crippen LogP contribution in [0.15, 0.2) is 36.3 Å². The highest BCUT2D eigenvalue weighted by atomic mass is 19.1. The van der Waals surface area contributed by atoms with Crippen LogP contribution in [0.1, 0.15) is 30.7 Å². The van der Waals surface area contributed by atoms with Gasteiger partial charge in [-0.3, -0.25) is 4.79 Å². The third-order valence-electron chi connectivity index (χ3n) is 3.98. The Labute approximate surface area is 122 Å². The van der Waals surface area contributed by atoms with E-state index in [4.69, 9.17) is 9.47 Å². The lowest BCUT2D eigenvalue weighted by atomic mass is 9.97. The summed E-state index contributed by atoms with van der Waals surface area (Å²) in [5, 5.41) is 2.97. The van der Waals surface area contributed by atoms with Crippen molar-refractivity contribution >= 4 is 5.91 Å². The Bertz CT molecular complexity index is 541. The summed E-state index contributed by atoms with van der Waals surface area (Å²) in [5.74, 6) is 0.169. The molecule has 1 aromatic carbocycles. The fourth-order valence-electron chi connectivity index (χ4n) is 2.89. The molecule has 1 fully saturated rings. The number of amides is 1. The van der Waals surface area contributed by atoms with E-state index in [1.807, 2.05) is 12.1 Å². The molecule has 0 radical (unpaired) electrons. The van der Waals surface area contributed by atoms with Crippen LogP contribution in [0.4, 0.5) is 4.39 Å². The predicted molar refractivity (Wildman–Crippen MR) is 74.9 cm³/mol. The predicted octanol–water partition coefficient (Wildman–Crippen LogP) is 2.47. The zero-order valence-electron chi connectivity index (χ0n) is 11.7. The normalized spacial score (nSPS) is 24.7. The lowest BCUT2D eigenvalue weighted by Crippen LogP contribution is -2.35. The van der Waals surface area contributed by atoms with Crippen LogP contribution in [-0.4, -0.2) is 25.2 Å². The molecule has 0 spiro atoms. The van der Waals surface area contributed by atoms with Gasteiger partial charge in [-0.05, 0) is 42.9 Å². The van der Waals surface area contributed by atoms with Gasteiger partial charge in [0.25, 0.3) is 5.91 Å². The van der Waals surface area contributed by atoms with Gasteiger partial charge in [0, 0.05) is 6.04 Å². The molecule has 3 rings (SSSR count). The van der Waals surface area contributed by atoms with E-state index in [1.165, 1.54) is 18.4 Å². The standard InChI is InChI=1S/C16H18FNO3/c17-13-4-1-11(2-5-13)12-3-6-14(9-12)18-16(19)15-10-20-7-8-21-15/h1-2,4-5,10,12,14H,3,6-9H2,(H,18,19)/t12-,14-/m0/s1. The third kappa shape index (κ3) is 3.35. The van der Waals surface area contributed by atoms with Gasteiger partial charge in [-0.25, -0.2) is 4.39 Å². The second kappa shape index (κ2) is 6.16. The molecule has 1 saturated carbocycles. The molecule has 21 heavy (non-hydrogen) atoms. The summed E-state index contributed by atoms with van der Waals surface area (Å²) in [7, 11) is 0. The van der Waals surface area contributed by atoms with Crippen molar-refractivity contribution in [2.24, 2.45) is 0 Å². The van der Waals surface area contributed by atoms with E-state index < -0.39 is 0 Å². The van der Waals surface area contributed by atoms with Crippen LogP contribution >= 0.6 is 0 Å². The lowest BCUT2D eigenvalue weighted by molar-refractivity contribution is -0.122. The highest BCUT2D eigenvalue weighted by molar-refractivity contribution is 5.91. The molecule has 4 nitrogen and oxygen atoms in total. The summed E-state index contributed by atoms with van der Waals surface area (Å²) >= 11 is 0. The van der Waals surface area contributed by atoms with Gasteiger partial charge < -0.3 is 14.8 Å². The van der Waals surface area contributed by atoms with Crippen LogP contribution in [0, 0.1) is 5.82 Å². The number of carbonyl (C=O) groups excluding carboxylic acids is 1. The van der Waals surface area contributed by atoms with E-state index in [-0.39, 0.29) is 23.5 Å². The monoisotopic (exact) mass is 291 g/mol. The van der Waals surface area contributed by atoms with E-state index in [2.05, 4.69) is 5.32 Å². The lowest BCUT2D eigenvalue weighted by Gasteiger charge is -2.18. The molecule has 1 N–H and O–H groups in total. The summed E-state index contributed by atoms with van der Waals surface area (Å²) in [6.45, 7) is 0.884. The number of ether oxygens (including phenoxy) is 2. The zero-order chi connectivity index (χ0) is 14.7. The molecule has 2 atom stereocenters. The van der Waals surface area contributed by atoms with Crippen LogP contribution in [0.2, 0.25) is 0 Å². The number of nitrogens with one attached hydrogen (secondary N) is 1. The van der Waals surface area contributed by atoms with Crippen molar-refractivity contribution in [2.45, 2.75) is 31.2 Å². The molecule has 0 saturated heterocycles. The maximum atomic E-state index is 12.9. The topological polar surface area (TPSA) is 47.6 Å². The summed E-state index contributed by atoms with van der Waals surface area (Å²) in [6, 6.07) is 6.74. The molecule has 0 aromatic heterocycles. The Balaban J connectivity index is 1.56. The zero-order valence-corrected chi connectivity index (χ0v) is 11.7. The second-order valence-electron chi connectivity index (χ2n) is 5.43. The van der Waals surface area contributed by atoms with Crippen molar-refractivity contribution in [3.8, 4) is 0 Å². The molecule has 5 heteroatoms. The number of hydrogen-bond acceptors (Lipinski definition) is 3. The van der Waals surface area contributed by atoms with Crippen molar-refractivity contribution in [1.29, 1.82) is 0 Å². The molecule has 2 aliphatic rings. The number of hydrogen-bond donors (Lipinski definition) is 1. The minimum Gasteiger partial charge on any atom is -0.494 e. The van der Waals surface area contributed by atoms with Gasteiger partial charge in [0.05, 0.1) is 0 Å². The van der Waals surface area contributed by atoms with Gasteiger partial charge >= 0.3 is 0 Å². The first-order chi connectivity index (χ1) is 10.2. The van der Waals surface area contributed by atoms with Crippen molar-refractivity contribution in [3.05, 3.63) is 47.7 Å². The quantitative estimate of drug-likeness (QED) is 0.930. The Morgan fingerprint density at radius 1 is 1.19 bits per heavy atom. The van der Waals surface area contributed by atoms with Gasteiger partial charge in [0.15, 0.2) is 0 Å². The first-order valence-corrected chi connectivity index (χ1v) is 7.23. The fraction of sp³-hybridized carbons (Fsp3) is 0.438. The van der Waals surface area contributed by atoms with E-state index in [1.54, 1.807) is 0 Å². The van der Waals surface area contributed by atoms with Crippen molar-refractivity contribution in [1.82, 2.24) is 5.32 Å². The molecule has 1 aliphatic heterocycles. The largest absolute Gasteiger partial charge is 0.494 e. The first kappa shape index (κ1) is 13.9. The molecule has 1 amide bonds. The molecular weight excluding hydrogens is 273 g/mol. The molecule has 1 aliphatic carbocycles. The number of halogens is 1. The average molecular weight is 291 g/mol. The average Bonchev–Trinajstić information content (AvgIpc) is 2.97. The molecule has 0 bridgehead atoms.